The SMILES string of the molecule is O=C(O)c1ccc(NCCn2ccnn2)cn1. The summed E-state index contributed by atoms with van der Waals surface area (Å²) in [5, 5.41) is 19.3. The first kappa shape index (κ1) is 11.1. The van der Waals surface area contributed by atoms with E-state index >= 15 is 0 Å². The summed E-state index contributed by atoms with van der Waals surface area (Å²) in [5.74, 6) is -1.03. The lowest BCUT2D eigenvalue weighted by Gasteiger charge is -2.05. The van der Waals surface area contributed by atoms with Crippen molar-refractivity contribution in [3.63, 3.8) is 0 Å². The van der Waals surface area contributed by atoms with E-state index in [0.717, 1.165) is 5.69 Å². The second-order valence-electron chi connectivity index (χ2n) is 3.33. The van der Waals surface area contributed by atoms with Crippen LogP contribution >= 0.6 is 0 Å². The summed E-state index contributed by atoms with van der Waals surface area (Å²) in [6.07, 6.45) is 4.88. The Labute approximate surface area is 97.1 Å². The number of anilines is 1. The summed E-state index contributed by atoms with van der Waals surface area (Å²) in [6.45, 7) is 1.35. The van der Waals surface area contributed by atoms with Gasteiger partial charge < -0.3 is 10.4 Å². The highest BCUT2D eigenvalue weighted by molar-refractivity contribution is 5.85. The normalized spacial score (nSPS) is 10.1. The van der Waals surface area contributed by atoms with Crippen molar-refractivity contribution in [1.29, 1.82) is 0 Å². The van der Waals surface area contributed by atoms with Crippen molar-refractivity contribution in [2.24, 2.45) is 0 Å². The van der Waals surface area contributed by atoms with Gasteiger partial charge in [-0.3, -0.25) is 4.68 Å². The largest absolute Gasteiger partial charge is 0.477 e. The van der Waals surface area contributed by atoms with Crippen LogP contribution in [0.25, 0.3) is 0 Å². The quantitative estimate of drug-likeness (QED) is 0.780. The van der Waals surface area contributed by atoms with Crippen molar-refractivity contribution in [2.45, 2.75) is 6.54 Å². The van der Waals surface area contributed by atoms with Crippen LogP contribution in [0.15, 0.2) is 30.7 Å². The molecule has 0 saturated carbocycles. The Morgan fingerprint density at radius 3 is 2.94 bits per heavy atom. The monoisotopic (exact) mass is 233 g/mol. The molecule has 0 aromatic carbocycles. The summed E-state index contributed by atoms with van der Waals surface area (Å²) >= 11 is 0. The molecule has 88 valence electrons. The van der Waals surface area contributed by atoms with E-state index in [4.69, 9.17) is 5.11 Å². The lowest BCUT2D eigenvalue weighted by Crippen LogP contribution is -2.11. The van der Waals surface area contributed by atoms with E-state index in [2.05, 4.69) is 20.6 Å². The van der Waals surface area contributed by atoms with Crippen molar-refractivity contribution in [1.82, 2.24) is 20.0 Å². The van der Waals surface area contributed by atoms with Gasteiger partial charge in [-0.1, -0.05) is 5.21 Å². The zero-order valence-electron chi connectivity index (χ0n) is 8.95. The fraction of sp³-hybridized carbons (Fsp3) is 0.200. The third-order valence-corrected chi connectivity index (χ3v) is 2.12. The minimum absolute atomic E-state index is 0.0341. The minimum Gasteiger partial charge on any atom is -0.477 e. The molecule has 0 amide bonds. The van der Waals surface area contributed by atoms with Crippen LogP contribution in [0.4, 0.5) is 5.69 Å². The molecule has 7 nitrogen and oxygen atoms in total. The second-order valence-corrected chi connectivity index (χ2v) is 3.33. The Morgan fingerprint density at radius 2 is 2.35 bits per heavy atom. The molecular weight excluding hydrogens is 222 g/mol. The summed E-state index contributed by atoms with van der Waals surface area (Å²) in [6, 6.07) is 3.14. The predicted molar refractivity (Wildman–Crippen MR) is 59.7 cm³/mol. The first-order valence-corrected chi connectivity index (χ1v) is 5.03. The van der Waals surface area contributed by atoms with Gasteiger partial charge in [0.1, 0.15) is 5.69 Å². The van der Waals surface area contributed by atoms with Crippen LogP contribution in [0.1, 0.15) is 10.5 Å². The van der Waals surface area contributed by atoms with Crippen LogP contribution in [-0.4, -0.2) is 37.6 Å². The van der Waals surface area contributed by atoms with Gasteiger partial charge in [0.15, 0.2) is 0 Å². The topological polar surface area (TPSA) is 92.9 Å². The third-order valence-electron chi connectivity index (χ3n) is 2.12. The lowest BCUT2D eigenvalue weighted by atomic mass is 10.3. The molecule has 0 fully saturated rings. The number of hydrogen-bond donors (Lipinski definition) is 2. The number of pyridine rings is 1. The molecule has 0 aliphatic carbocycles. The number of aromatic carboxylic acids is 1. The average Bonchev–Trinajstić information content (AvgIpc) is 2.83. The molecule has 0 atom stereocenters. The number of nitrogens with one attached hydrogen (secondary N) is 1. The summed E-state index contributed by atoms with van der Waals surface area (Å²) in [5.41, 5.74) is 0.807. The highest BCUT2D eigenvalue weighted by atomic mass is 16.4. The molecule has 0 aliphatic heterocycles. The smallest absolute Gasteiger partial charge is 0.354 e. The highest BCUT2D eigenvalue weighted by Crippen LogP contribution is 2.05. The summed E-state index contributed by atoms with van der Waals surface area (Å²) in [4.78, 5) is 14.4. The Kier molecular flexibility index (Phi) is 3.29. The van der Waals surface area contributed by atoms with E-state index < -0.39 is 5.97 Å². The molecule has 0 unspecified atom stereocenters. The summed E-state index contributed by atoms with van der Waals surface area (Å²) < 4.78 is 1.70. The maximum atomic E-state index is 10.6. The van der Waals surface area contributed by atoms with Crippen LogP contribution in [0.2, 0.25) is 0 Å². The number of rotatable bonds is 5. The van der Waals surface area contributed by atoms with Crippen LogP contribution < -0.4 is 5.32 Å². The molecule has 0 saturated heterocycles. The first-order valence-electron chi connectivity index (χ1n) is 5.03. The van der Waals surface area contributed by atoms with Crippen molar-refractivity contribution >= 4 is 11.7 Å². The van der Waals surface area contributed by atoms with E-state index in [1.807, 2.05) is 0 Å². The highest BCUT2D eigenvalue weighted by Gasteiger charge is 2.02. The van der Waals surface area contributed by atoms with Gasteiger partial charge in [0, 0.05) is 12.7 Å². The third kappa shape index (κ3) is 3.00. The maximum Gasteiger partial charge on any atom is 0.354 e. The summed E-state index contributed by atoms with van der Waals surface area (Å²) in [7, 11) is 0. The van der Waals surface area contributed by atoms with Crippen LogP contribution in [0, 0.1) is 0 Å². The standard InChI is InChI=1S/C10H11N5O2/c16-10(17)9-2-1-8(7-12-9)11-3-5-15-6-4-13-14-15/h1-2,4,6-7,11H,3,5H2,(H,16,17). The van der Waals surface area contributed by atoms with Crippen LogP contribution in [0.5, 0.6) is 0 Å². The maximum absolute atomic E-state index is 10.6. The first-order chi connectivity index (χ1) is 8.25. The fourth-order valence-corrected chi connectivity index (χ4v) is 1.29. The molecule has 17 heavy (non-hydrogen) atoms. The van der Waals surface area contributed by atoms with Gasteiger partial charge in [-0.25, -0.2) is 9.78 Å². The van der Waals surface area contributed by atoms with Crippen molar-refractivity contribution < 1.29 is 9.90 Å². The Hall–Kier alpha value is -2.44. The molecular formula is C10H11N5O2. The van der Waals surface area contributed by atoms with Gasteiger partial charge in [-0.05, 0) is 12.1 Å². The van der Waals surface area contributed by atoms with Gasteiger partial charge in [-0.2, -0.15) is 0 Å². The van der Waals surface area contributed by atoms with Crippen molar-refractivity contribution in [2.75, 3.05) is 11.9 Å². The number of carboxylic acid groups (broad SMARTS) is 1. The minimum atomic E-state index is -1.03. The molecule has 2 heterocycles. The molecule has 2 rings (SSSR count). The number of aromatic nitrogens is 4. The predicted octanol–water partition coefficient (Wildman–Crippen LogP) is 0.483. The van der Waals surface area contributed by atoms with Gasteiger partial charge in [-0.15, -0.1) is 5.10 Å². The number of carboxylic acids is 1. The van der Waals surface area contributed by atoms with Gasteiger partial charge in [0.25, 0.3) is 0 Å². The Balaban J connectivity index is 1.85. The molecule has 0 spiro atoms. The van der Waals surface area contributed by atoms with Crippen molar-refractivity contribution in [3.05, 3.63) is 36.4 Å². The molecule has 0 bridgehead atoms. The van der Waals surface area contributed by atoms with E-state index in [9.17, 15) is 4.79 Å². The second kappa shape index (κ2) is 5.06. The van der Waals surface area contributed by atoms with E-state index in [0.29, 0.717) is 13.1 Å². The van der Waals surface area contributed by atoms with E-state index in [1.165, 1.54) is 12.3 Å². The molecule has 2 aromatic rings. The van der Waals surface area contributed by atoms with E-state index in [-0.39, 0.29) is 5.69 Å². The molecule has 2 N–H and O–H groups in total. The molecule has 0 aliphatic rings. The fourth-order valence-electron chi connectivity index (χ4n) is 1.29. The van der Waals surface area contributed by atoms with Crippen molar-refractivity contribution in [3.8, 4) is 0 Å². The molecule has 0 radical (unpaired) electrons. The Morgan fingerprint density at radius 1 is 1.47 bits per heavy atom. The van der Waals surface area contributed by atoms with Gasteiger partial charge >= 0.3 is 5.97 Å². The van der Waals surface area contributed by atoms with E-state index in [1.54, 1.807) is 23.1 Å². The molecule has 2 aromatic heterocycles. The number of hydrogen-bond acceptors (Lipinski definition) is 5. The van der Waals surface area contributed by atoms with Crippen LogP contribution in [0.3, 0.4) is 0 Å². The zero-order chi connectivity index (χ0) is 12.1. The Bertz CT molecular complexity index is 480. The van der Waals surface area contributed by atoms with Crippen LogP contribution in [-0.2, 0) is 6.54 Å². The molecule has 7 heteroatoms. The zero-order valence-corrected chi connectivity index (χ0v) is 8.95. The van der Waals surface area contributed by atoms with Gasteiger partial charge in [0.05, 0.1) is 24.6 Å². The van der Waals surface area contributed by atoms with Gasteiger partial charge in [0.2, 0.25) is 0 Å². The lowest BCUT2D eigenvalue weighted by molar-refractivity contribution is 0.0690. The number of carbonyl (C=O) groups is 1. The average molecular weight is 233 g/mol. The number of nitrogens with zero attached hydrogens (tertiary/aromatic N) is 4.